The molecule has 27 heavy (non-hydrogen) atoms. The second kappa shape index (κ2) is 8.41. The zero-order valence-corrected chi connectivity index (χ0v) is 14.6. The molecule has 0 radical (unpaired) electrons. The topological polar surface area (TPSA) is 102 Å². The van der Waals surface area contributed by atoms with Gasteiger partial charge in [0.05, 0.1) is 24.6 Å². The summed E-state index contributed by atoms with van der Waals surface area (Å²) in [6.07, 6.45) is 0.0239. The molecule has 8 heteroatoms. The molecule has 0 unspecified atom stereocenters. The molecule has 1 saturated heterocycles. The van der Waals surface area contributed by atoms with Gasteiger partial charge in [0.15, 0.2) is 0 Å². The van der Waals surface area contributed by atoms with Crippen LogP contribution in [0.25, 0.3) is 0 Å². The Morgan fingerprint density at radius 1 is 1.11 bits per heavy atom. The van der Waals surface area contributed by atoms with Crippen LogP contribution in [0.3, 0.4) is 0 Å². The number of ether oxygens (including phenoxy) is 1. The number of hydrogen-bond donors (Lipinski definition) is 1. The van der Waals surface area contributed by atoms with Gasteiger partial charge in [-0.2, -0.15) is 0 Å². The van der Waals surface area contributed by atoms with Crippen molar-refractivity contribution in [3.63, 3.8) is 0 Å². The fraction of sp³-hybridized carbons (Fsp3) is 0.263. The summed E-state index contributed by atoms with van der Waals surface area (Å²) in [6, 6.07) is 12.6. The van der Waals surface area contributed by atoms with Crippen LogP contribution in [0, 0.1) is 10.1 Å². The molecule has 1 aliphatic heterocycles. The molecule has 2 aromatic rings. The number of nitrogens with one attached hydrogen (secondary N) is 1. The largest absolute Gasteiger partial charge is 0.378 e. The fourth-order valence-electron chi connectivity index (χ4n) is 2.82. The first-order chi connectivity index (χ1) is 13.0. The highest BCUT2D eigenvalue weighted by atomic mass is 16.6. The van der Waals surface area contributed by atoms with Crippen LogP contribution in [0.2, 0.25) is 0 Å². The monoisotopic (exact) mass is 369 g/mol. The summed E-state index contributed by atoms with van der Waals surface area (Å²) in [5.41, 5.74) is 1.62. The number of rotatable bonds is 5. The van der Waals surface area contributed by atoms with Crippen LogP contribution in [0.1, 0.15) is 15.9 Å². The molecular formula is C19H19N3O5. The predicted octanol–water partition coefficient (Wildman–Crippen LogP) is 2.25. The van der Waals surface area contributed by atoms with Crippen LogP contribution in [0.4, 0.5) is 11.4 Å². The number of non-ortho nitro benzene ring substituents is 1. The van der Waals surface area contributed by atoms with E-state index in [1.807, 2.05) is 0 Å². The number of carbonyl (C=O) groups excluding carboxylic acids is 2. The van der Waals surface area contributed by atoms with Crippen molar-refractivity contribution in [3.05, 3.63) is 69.8 Å². The van der Waals surface area contributed by atoms with Crippen LogP contribution in [0.5, 0.6) is 0 Å². The molecule has 1 heterocycles. The van der Waals surface area contributed by atoms with Gasteiger partial charge in [-0.05, 0) is 29.8 Å². The van der Waals surface area contributed by atoms with Crippen LogP contribution >= 0.6 is 0 Å². The van der Waals surface area contributed by atoms with Gasteiger partial charge in [0.25, 0.3) is 11.6 Å². The number of nitro benzene ring substituents is 1. The molecule has 0 spiro atoms. The minimum Gasteiger partial charge on any atom is -0.378 e. The zero-order chi connectivity index (χ0) is 19.2. The molecule has 140 valence electrons. The molecule has 0 atom stereocenters. The van der Waals surface area contributed by atoms with Gasteiger partial charge in [0.1, 0.15) is 0 Å². The first-order valence-electron chi connectivity index (χ1n) is 8.53. The lowest BCUT2D eigenvalue weighted by Gasteiger charge is -2.26. The first kappa shape index (κ1) is 18.5. The Labute approximate surface area is 155 Å². The predicted molar refractivity (Wildman–Crippen MR) is 98.6 cm³/mol. The van der Waals surface area contributed by atoms with Crippen LogP contribution in [0.15, 0.2) is 48.5 Å². The number of anilines is 1. The smallest absolute Gasteiger partial charge is 0.269 e. The Bertz CT molecular complexity index is 845. The Hall–Kier alpha value is -3.26. The van der Waals surface area contributed by atoms with E-state index in [-0.39, 0.29) is 23.9 Å². The minimum absolute atomic E-state index is 0.0239. The summed E-state index contributed by atoms with van der Waals surface area (Å²) in [6.45, 7) is 2.22. The van der Waals surface area contributed by atoms with E-state index in [1.165, 1.54) is 12.1 Å². The highest BCUT2D eigenvalue weighted by Crippen LogP contribution is 2.16. The van der Waals surface area contributed by atoms with E-state index in [9.17, 15) is 19.7 Å². The van der Waals surface area contributed by atoms with Crippen molar-refractivity contribution in [1.82, 2.24) is 4.90 Å². The third-order valence-electron chi connectivity index (χ3n) is 4.20. The molecule has 1 fully saturated rings. The molecule has 2 aromatic carbocycles. The molecule has 1 N–H and O–H groups in total. The van der Waals surface area contributed by atoms with Gasteiger partial charge in [0.2, 0.25) is 5.91 Å². The quantitative estimate of drug-likeness (QED) is 0.643. The standard InChI is InChI=1S/C19H19N3O5/c23-18(13-14-2-1-3-17(12-14)22(25)26)20-16-6-4-15(5-7-16)19(24)21-8-10-27-11-9-21/h1-7,12H,8-11,13H2,(H,20,23). The Morgan fingerprint density at radius 2 is 1.81 bits per heavy atom. The van der Waals surface area contributed by atoms with Crippen molar-refractivity contribution in [2.24, 2.45) is 0 Å². The summed E-state index contributed by atoms with van der Waals surface area (Å²) in [5, 5.41) is 13.5. The zero-order valence-electron chi connectivity index (χ0n) is 14.6. The van der Waals surface area contributed by atoms with Gasteiger partial charge in [-0.25, -0.2) is 0 Å². The van der Waals surface area contributed by atoms with Crippen molar-refractivity contribution in [2.45, 2.75) is 6.42 Å². The highest BCUT2D eigenvalue weighted by molar-refractivity contribution is 5.96. The number of amides is 2. The Morgan fingerprint density at radius 3 is 2.48 bits per heavy atom. The summed E-state index contributed by atoms with van der Waals surface area (Å²) in [5.74, 6) is -0.351. The average Bonchev–Trinajstić information content (AvgIpc) is 2.69. The maximum atomic E-state index is 12.4. The van der Waals surface area contributed by atoms with E-state index in [1.54, 1.807) is 41.3 Å². The van der Waals surface area contributed by atoms with E-state index < -0.39 is 4.92 Å². The molecular weight excluding hydrogens is 350 g/mol. The second-order valence-electron chi connectivity index (χ2n) is 6.13. The van der Waals surface area contributed by atoms with Crippen LogP contribution in [-0.4, -0.2) is 47.9 Å². The number of hydrogen-bond acceptors (Lipinski definition) is 5. The van der Waals surface area contributed by atoms with Crippen LogP contribution in [-0.2, 0) is 16.0 Å². The van der Waals surface area contributed by atoms with Gasteiger partial charge >= 0.3 is 0 Å². The number of carbonyl (C=O) groups is 2. The second-order valence-corrected chi connectivity index (χ2v) is 6.13. The van der Waals surface area contributed by atoms with Gasteiger partial charge in [0, 0.05) is 36.5 Å². The molecule has 8 nitrogen and oxygen atoms in total. The lowest BCUT2D eigenvalue weighted by molar-refractivity contribution is -0.384. The van der Waals surface area contributed by atoms with E-state index in [2.05, 4.69) is 5.32 Å². The van der Waals surface area contributed by atoms with E-state index in [0.717, 1.165) is 0 Å². The molecule has 0 aliphatic carbocycles. The van der Waals surface area contributed by atoms with Gasteiger partial charge in [-0.3, -0.25) is 19.7 Å². The minimum atomic E-state index is -0.494. The van der Waals surface area contributed by atoms with Crippen molar-refractivity contribution in [3.8, 4) is 0 Å². The number of nitro groups is 1. The molecule has 2 amide bonds. The molecule has 3 rings (SSSR count). The van der Waals surface area contributed by atoms with Crippen molar-refractivity contribution < 1.29 is 19.2 Å². The third-order valence-corrected chi connectivity index (χ3v) is 4.20. The van der Waals surface area contributed by atoms with E-state index in [4.69, 9.17) is 4.74 Å². The average molecular weight is 369 g/mol. The normalized spacial score (nSPS) is 13.9. The fourth-order valence-corrected chi connectivity index (χ4v) is 2.82. The number of morpholine rings is 1. The third kappa shape index (κ3) is 4.89. The van der Waals surface area contributed by atoms with Crippen molar-refractivity contribution in [2.75, 3.05) is 31.6 Å². The molecule has 1 aliphatic rings. The lowest BCUT2D eigenvalue weighted by atomic mass is 10.1. The molecule has 0 saturated carbocycles. The maximum Gasteiger partial charge on any atom is 0.269 e. The SMILES string of the molecule is O=C(Cc1cccc([N+](=O)[O-])c1)Nc1ccc(C(=O)N2CCOCC2)cc1. The van der Waals surface area contributed by atoms with E-state index >= 15 is 0 Å². The van der Waals surface area contributed by atoms with Gasteiger partial charge < -0.3 is 15.0 Å². The highest BCUT2D eigenvalue weighted by Gasteiger charge is 2.18. The Kier molecular flexibility index (Phi) is 5.77. The first-order valence-corrected chi connectivity index (χ1v) is 8.53. The summed E-state index contributed by atoms with van der Waals surface area (Å²) >= 11 is 0. The lowest BCUT2D eigenvalue weighted by Crippen LogP contribution is -2.40. The summed E-state index contributed by atoms with van der Waals surface area (Å²) in [7, 11) is 0. The Balaban J connectivity index is 1.59. The summed E-state index contributed by atoms with van der Waals surface area (Å²) < 4.78 is 5.24. The van der Waals surface area contributed by atoms with Gasteiger partial charge in [-0.1, -0.05) is 12.1 Å². The van der Waals surface area contributed by atoms with Crippen molar-refractivity contribution in [1.29, 1.82) is 0 Å². The number of nitrogens with zero attached hydrogens (tertiary/aromatic N) is 2. The summed E-state index contributed by atoms with van der Waals surface area (Å²) in [4.78, 5) is 36.6. The molecule has 0 bridgehead atoms. The molecule has 0 aromatic heterocycles. The van der Waals surface area contributed by atoms with Crippen LogP contribution < -0.4 is 5.32 Å². The van der Waals surface area contributed by atoms with Gasteiger partial charge in [-0.15, -0.1) is 0 Å². The van der Waals surface area contributed by atoms with E-state index in [0.29, 0.717) is 43.1 Å². The van der Waals surface area contributed by atoms with Crippen molar-refractivity contribution >= 4 is 23.2 Å². The maximum absolute atomic E-state index is 12.4. The number of benzene rings is 2.